The van der Waals surface area contributed by atoms with Crippen LogP contribution in [0.2, 0.25) is 0 Å². The molecular weight excluding hydrogens is 358 g/mol. The van der Waals surface area contributed by atoms with Gasteiger partial charge in [0.1, 0.15) is 5.92 Å². The summed E-state index contributed by atoms with van der Waals surface area (Å²) >= 11 is 3.50. The second-order valence-corrected chi connectivity index (χ2v) is 6.62. The van der Waals surface area contributed by atoms with Crippen LogP contribution in [0.15, 0.2) is 39.2 Å². The highest BCUT2D eigenvalue weighted by atomic mass is 79.9. The van der Waals surface area contributed by atoms with Gasteiger partial charge >= 0.3 is 5.97 Å². The van der Waals surface area contributed by atoms with Crippen molar-refractivity contribution in [3.05, 3.63) is 51.2 Å². The lowest BCUT2D eigenvalue weighted by Gasteiger charge is -2.27. The number of esters is 1. The van der Waals surface area contributed by atoms with Crippen LogP contribution in [0.25, 0.3) is 4.85 Å². The molecule has 0 N–H and O–H groups in total. The standard InChI is InChI=1S/C17H16BrN3O2/c1-9-15(19-2)13(11-6-7-20-8-12(11)18)14(17(22)23-3)16(21-9)10-4-5-10/h6-8,10,13,15H,4-5H2,1,3H3. The fourth-order valence-corrected chi connectivity index (χ4v) is 3.51. The zero-order valence-electron chi connectivity index (χ0n) is 12.9. The highest BCUT2D eigenvalue weighted by molar-refractivity contribution is 9.10. The van der Waals surface area contributed by atoms with E-state index in [1.165, 1.54) is 7.11 Å². The Morgan fingerprint density at radius 3 is 2.78 bits per heavy atom. The number of ether oxygens (including phenoxy) is 1. The van der Waals surface area contributed by atoms with Gasteiger partial charge in [-0.15, -0.1) is 0 Å². The van der Waals surface area contributed by atoms with Gasteiger partial charge in [-0.2, -0.15) is 0 Å². The van der Waals surface area contributed by atoms with Crippen LogP contribution in [-0.2, 0) is 9.53 Å². The second-order valence-electron chi connectivity index (χ2n) is 5.77. The lowest BCUT2D eigenvalue weighted by molar-refractivity contribution is -0.136. The van der Waals surface area contributed by atoms with Crippen molar-refractivity contribution in [2.75, 3.05) is 7.11 Å². The van der Waals surface area contributed by atoms with Crippen LogP contribution in [0.5, 0.6) is 0 Å². The molecule has 0 spiro atoms. The van der Waals surface area contributed by atoms with Gasteiger partial charge < -0.3 is 9.58 Å². The van der Waals surface area contributed by atoms with Gasteiger partial charge in [0.05, 0.1) is 24.1 Å². The number of nitrogens with zero attached hydrogens (tertiary/aromatic N) is 3. The third-order valence-corrected chi connectivity index (χ3v) is 4.94. The molecule has 2 aliphatic rings. The lowest BCUT2D eigenvalue weighted by atomic mass is 9.80. The zero-order valence-corrected chi connectivity index (χ0v) is 14.5. The molecule has 1 aliphatic heterocycles. The molecule has 2 atom stereocenters. The number of methoxy groups -OCH3 is 1. The van der Waals surface area contributed by atoms with Crippen LogP contribution in [-0.4, -0.2) is 29.8 Å². The molecule has 2 heterocycles. The number of aromatic nitrogens is 1. The van der Waals surface area contributed by atoms with Crippen molar-refractivity contribution in [2.45, 2.75) is 31.7 Å². The zero-order chi connectivity index (χ0) is 16.6. The van der Waals surface area contributed by atoms with Crippen LogP contribution in [0, 0.1) is 12.5 Å². The summed E-state index contributed by atoms with van der Waals surface area (Å²) in [6.07, 6.45) is 5.41. The van der Waals surface area contributed by atoms with Gasteiger partial charge in [-0.1, -0.05) is 0 Å². The molecule has 2 unspecified atom stereocenters. The molecular formula is C17H16BrN3O2. The van der Waals surface area contributed by atoms with Gasteiger partial charge in [0.15, 0.2) is 0 Å². The van der Waals surface area contributed by atoms with Gasteiger partial charge in [-0.3, -0.25) is 9.98 Å². The Hall–Kier alpha value is -2.00. The van der Waals surface area contributed by atoms with Crippen LogP contribution < -0.4 is 0 Å². The number of allylic oxidation sites excluding steroid dienone is 1. The van der Waals surface area contributed by atoms with Crippen LogP contribution in [0.3, 0.4) is 0 Å². The molecule has 23 heavy (non-hydrogen) atoms. The van der Waals surface area contributed by atoms with E-state index in [0.717, 1.165) is 34.3 Å². The van der Waals surface area contributed by atoms with Crippen molar-refractivity contribution in [1.82, 2.24) is 4.98 Å². The summed E-state index contributed by atoms with van der Waals surface area (Å²) in [5.41, 5.74) is 2.94. The van der Waals surface area contributed by atoms with E-state index < -0.39 is 12.0 Å². The van der Waals surface area contributed by atoms with E-state index in [0.29, 0.717) is 11.5 Å². The molecule has 6 heteroatoms. The fraction of sp³-hybridized carbons (Fsp3) is 0.412. The van der Waals surface area contributed by atoms with Crippen molar-refractivity contribution >= 4 is 27.6 Å². The Morgan fingerprint density at radius 1 is 1.48 bits per heavy atom. The molecule has 0 radical (unpaired) electrons. The highest BCUT2D eigenvalue weighted by Gasteiger charge is 2.46. The van der Waals surface area contributed by atoms with Gasteiger partial charge in [-0.25, -0.2) is 11.4 Å². The molecule has 1 aromatic rings. The summed E-state index contributed by atoms with van der Waals surface area (Å²) in [5.74, 6) is -0.482. The largest absolute Gasteiger partial charge is 0.466 e. The van der Waals surface area contributed by atoms with E-state index >= 15 is 0 Å². The van der Waals surface area contributed by atoms with Crippen molar-refractivity contribution in [1.29, 1.82) is 0 Å². The fourth-order valence-electron chi connectivity index (χ4n) is 3.02. The number of aliphatic imine (C=N–C) groups is 1. The molecule has 1 saturated carbocycles. The third-order valence-electron chi connectivity index (χ3n) is 4.27. The van der Waals surface area contributed by atoms with Gasteiger partial charge in [0, 0.05) is 22.8 Å². The van der Waals surface area contributed by atoms with Crippen LogP contribution in [0.4, 0.5) is 0 Å². The Morgan fingerprint density at radius 2 is 2.22 bits per heavy atom. The van der Waals surface area contributed by atoms with Crippen LogP contribution in [0.1, 0.15) is 31.2 Å². The number of hydrogen-bond acceptors (Lipinski definition) is 4. The average molecular weight is 374 g/mol. The SMILES string of the molecule is [C-]#[N+]C1C(C)=NC(C2CC2)=C(C(=O)OC)C1c1ccncc1Br. The van der Waals surface area contributed by atoms with E-state index in [-0.39, 0.29) is 5.92 Å². The number of carbonyl (C=O) groups is 1. The molecule has 0 aromatic carbocycles. The average Bonchev–Trinajstić information content (AvgIpc) is 3.38. The van der Waals surface area contributed by atoms with Gasteiger partial charge in [0.25, 0.3) is 6.04 Å². The molecule has 1 fully saturated rings. The first kappa shape index (κ1) is 15.9. The summed E-state index contributed by atoms with van der Waals surface area (Å²) in [6, 6.07) is 1.34. The van der Waals surface area contributed by atoms with Gasteiger partial charge in [0.2, 0.25) is 0 Å². The molecule has 3 rings (SSSR count). The maximum absolute atomic E-state index is 12.5. The first-order valence-corrected chi connectivity index (χ1v) is 8.21. The van der Waals surface area contributed by atoms with Crippen LogP contribution >= 0.6 is 15.9 Å². The summed E-state index contributed by atoms with van der Waals surface area (Å²) in [5, 5.41) is 0. The molecule has 0 bridgehead atoms. The molecule has 0 saturated heterocycles. The number of rotatable bonds is 3. The maximum atomic E-state index is 12.5. The van der Waals surface area contributed by atoms with Crippen molar-refractivity contribution in [3.63, 3.8) is 0 Å². The highest BCUT2D eigenvalue weighted by Crippen LogP contribution is 2.47. The molecule has 0 amide bonds. The van der Waals surface area contributed by atoms with Crippen molar-refractivity contribution in [2.24, 2.45) is 10.9 Å². The second kappa shape index (κ2) is 6.25. The quantitative estimate of drug-likeness (QED) is 0.601. The van der Waals surface area contributed by atoms with E-state index in [2.05, 4.69) is 30.8 Å². The first-order chi connectivity index (χ1) is 11.1. The molecule has 1 aromatic heterocycles. The minimum absolute atomic E-state index is 0.300. The monoisotopic (exact) mass is 373 g/mol. The van der Waals surface area contributed by atoms with Crippen molar-refractivity contribution < 1.29 is 9.53 Å². The first-order valence-electron chi connectivity index (χ1n) is 7.42. The Kier molecular flexibility index (Phi) is 4.31. The van der Waals surface area contributed by atoms with Crippen molar-refractivity contribution in [3.8, 4) is 0 Å². The summed E-state index contributed by atoms with van der Waals surface area (Å²) in [7, 11) is 1.37. The minimum Gasteiger partial charge on any atom is -0.466 e. The number of hydrogen-bond donors (Lipinski definition) is 0. The maximum Gasteiger partial charge on any atom is 0.336 e. The lowest BCUT2D eigenvalue weighted by Crippen LogP contribution is -2.33. The summed E-state index contributed by atoms with van der Waals surface area (Å²) < 4.78 is 5.80. The topological polar surface area (TPSA) is 55.9 Å². The van der Waals surface area contributed by atoms with Gasteiger partial charge in [-0.05, 0) is 47.3 Å². The Labute approximate surface area is 143 Å². The third kappa shape index (κ3) is 2.81. The Bertz CT molecular complexity index is 759. The predicted octanol–water partition coefficient (Wildman–Crippen LogP) is 3.53. The predicted molar refractivity (Wildman–Crippen MR) is 89.9 cm³/mol. The summed E-state index contributed by atoms with van der Waals surface area (Å²) in [6.45, 7) is 9.46. The molecule has 1 aliphatic carbocycles. The van der Waals surface area contributed by atoms with E-state index in [1.54, 1.807) is 12.4 Å². The van der Waals surface area contributed by atoms with E-state index in [9.17, 15) is 4.79 Å². The molecule has 5 nitrogen and oxygen atoms in total. The Balaban J connectivity index is 2.23. The minimum atomic E-state index is -0.509. The molecule has 118 valence electrons. The van der Waals surface area contributed by atoms with E-state index in [4.69, 9.17) is 11.3 Å². The normalized spacial score (nSPS) is 24.0. The number of pyridine rings is 1. The smallest absolute Gasteiger partial charge is 0.336 e. The number of halogens is 1. The summed E-state index contributed by atoms with van der Waals surface area (Å²) in [4.78, 5) is 24.9. The number of carbonyl (C=O) groups excluding carboxylic acids is 1. The van der Waals surface area contributed by atoms with E-state index in [1.807, 2.05) is 13.0 Å².